The number of nitrogens with zero attached hydrogens (tertiary/aromatic N) is 1. The standard InChI is InChI=1S/C15H22ClN3S/c1-15(8-3-9-20-15)11-19-14(17-2)18-10-12-4-6-13(16)7-5-12/h4-7H,3,8-11H2,1-2H3,(H2,17,18,19). The number of halogens is 1. The maximum absolute atomic E-state index is 5.88. The topological polar surface area (TPSA) is 36.4 Å². The van der Waals surface area contributed by atoms with Crippen LogP contribution in [0.4, 0.5) is 0 Å². The van der Waals surface area contributed by atoms with Crippen LogP contribution in [0.1, 0.15) is 25.3 Å². The third-order valence-electron chi connectivity index (χ3n) is 3.53. The Kier molecular flexibility index (Phi) is 5.61. The number of hydrogen-bond acceptors (Lipinski definition) is 2. The predicted octanol–water partition coefficient (Wildman–Crippen LogP) is 3.29. The van der Waals surface area contributed by atoms with Gasteiger partial charge in [-0.05, 0) is 43.2 Å². The summed E-state index contributed by atoms with van der Waals surface area (Å²) in [6.07, 6.45) is 2.60. The van der Waals surface area contributed by atoms with Gasteiger partial charge in [0, 0.05) is 29.9 Å². The molecule has 0 aromatic heterocycles. The average molecular weight is 312 g/mol. The van der Waals surface area contributed by atoms with Crippen molar-refractivity contribution >= 4 is 29.3 Å². The first-order valence-corrected chi connectivity index (χ1v) is 8.31. The van der Waals surface area contributed by atoms with Gasteiger partial charge < -0.3 is 10.6 Å². The molecular weight excluding hydrogens is 290 g/mol. The number of hydrogen-bond donors (Lipinski definition) is 2. The van der Waals surface area contributed by atoms with Crippen molar-refractivity contribution in [1.82, 2.24) is 10.6 Å². The molecule has 0 radical (unpaired) electrons. The molecule has 2 N–H and O–H groups in total. The molecule has 1 aliphatic rings. The van der Waals surface area contributed by atoms with Gasteiger partial charge in [-0.1, -0.05) is 23.7 Å². The molecule has 5 heteroatoms. The first kappa shape index (κ1) is 15.5. The fourth-order valence-electron chi connectivity index (χ4n) is 2.26. The molecule has 1 heterocycles. The van der Waals surface area contributed by atoms with E-state index in [9.17, 15) is 0 Å². The summed E-state index contributed by atoms with van der Waals surface area (Å²) in [5.74, 6) is 2.13. The minimum absolute atomic E-state index is 0.345. The molecule has 3 nitrogen and oxygen atoms in total. The first-order chi connectivity index (χ1) is 9.61. The molecule has 1 aromatic carbocycles. The van der Waals surface area contributed by atoms with E-state index in [1.54, 1.807) is 7.05 Å². The molecule has 0 spiro atoms. The highest BCUT2D eigenvalue weighted by Gasteiger charge is 2.29. The fraction of sp³-hybridized carbons (Fsp3) is 0.533. The van der Waals surface area contributed by atoms with Gasteiger partial charge in [0.1, 0.15) is 0 Å². The van der Waals surface area contributed by atoms with Crippen molar-refractivity contribution in [2.45, 2.75) is 31.1 Å². The lowest BCUT2D eigenvalue weighted by Crippen LogP contribution is -2.43. The Labute approximate surface area is 130 Å². The lowest BCUT2D eigenvalue weighted by atomic mass is 10.1. The Morgan fingerprint density at radius 1 is 1.35 bits per heavy atom. The van der Waals surface area contributed by atoms with Crippen LogP contribution in [0.15, 0.2) is 29.3 Å². The van der Waals surface area contributed by atoms with Gasteiger partial charge in [-0.3, -0.25) is 4.99 Å². The Balaban J connectivity index is 1.79. The normalized spacial score (nSPS) is 22.9. The van der Waals surface area contributed by atoms with E-state index in [2.05, 4.69) is 34.3 Å². The van der Waals surface area contributed by atoms with Gasteiger partial charge in [-0.2, -0.15) is 11.8 Å². The highest BCUT2D eigenvalue weighted by Crippen LogP contribution is 2.36. The fourth-order valence-corrected chi connectivity index (χ4v) is 3.63. The molecule has 1 saturated heterocycles. The highest BCUT2D eigenvalue weighted by atomic mass is 35.5. The van der Waals surface area contributed by atoms with Crippen LogP contribution in [0.3, 0.4) is 0 Å². The van der Waals surface area contributed by atoms with Crippen LogP contribution in [0, 0.1) is 0 Å². The van der Waals surface area contributed by atoms with Gasteiger partial charge in [0.2, 0.25) is 0 Å². The summed E-state index contributed by atoms with van der Waals surface area (Å²) in [5, 5.41) is 7.52. The van der Waals surface area contributed by atoms with Crippen molar-refractivity contribution in [3.05, 3.63) is 34.9 Å². The van der Waals surface area contributed by atoms with E-state index in [1.807, 2.05) is 24.3 Å². The van der Waals surface area contributed by atoms with Crippen LogP contribution in [0.25, 0.3) is 0 Å². The van der Waals surface area contributed by atoms with E-state index in [4.69, 9.17) is 11.6 Å². The summed E-state index contributed by atoms with van der Waals surface area (Å²) in [5.41, 5.74) is 1.19. The molecule has 0 bridgehead atoms. The molecule has 0 amide bonds. The Morgan fingerprint density at radius 2 is 2.10 bits per heavy atom. The number of rotatable bonds is 4. The van der Waals surface area contributed by atoms with Crippen LogP contribution in [-0.2, 0) is 6.54 Å². The van der Waals surface area contributed by atoms with Crippen LogP contribution in [0.5, 0.6) is 0 Å². The third-order valence-corrected chi connectivity index (χ3v) is 5.32. The third kappa shape index (κ3) is 4.60. The summed E-state index contributed by atoms with van der Waals surface area (Å²) in [4.78, 5) is 4.27. The molecule has 1 aromatic rings. The van der Waals surface area contributed by atoms with Gasteiger partial charge in [-0.25, -0.2) is 0 Å². The van der Waals surface area contributed by atoms with E-state index < -0.39 is 0 Å². The number of nitrogens with one attached hydrogen (secondary N) is 2. The monoisotopic (exact) mass is 311 g/mol. The van der Waals surface area contributed by atoms with Crippen molar-refractivity contribution in [1.29, 1.82) is 0 Å². The van der Waals surface area contributed by atoms with Crippen LogP contribution >= 0.6 is 23.4 Å². The molecule has 1 atom stereocenters. The minimum atomic E-state index is 0.345. The molecule has 0 saturated carbocycles. The van der Waals surface area contributed by atoms with Gasteiger partial charge >= 0.3 is 0 Å². The summed E-state index contributed by atoms with van der Waals surface area (Å²) in [7, 11) is 1.81. The van der Waals surface area contributed by atoms with E-state index >= 15 is 0 Å². The van der Waals surface area contributed by atoms with E-state index in [1.165, 1.54) is 24.2 Å². The van der Waals surface area contributed by atoms with Crippen LogP contribution < -0.4 is 10.6 Å². The van der Waals surface area contributed by atoms with Crippen molar-refractivity contribution < 1.29 is 0 Å². The molecule has 1 aliphatic heterocycles. The zero-order valence-electron chi connectivity index (χ0n) is 12.1. The molecule has 110 valence electrons. The smallest absolute Gasteiger partial charge is 0.191 e. The number of benzene rings is 1. The summed E-state index contributed by atoms with van der Waals surface area (Å²) >= 11 is 7.93. The van der Waals surface area contributed by atoms with Crippen molar-refractivity contribution in [3.8, 4) is 0 Å². The molecule has 1 fully saturated rings. The minimum Gasteiger partial charge on any atom is -0.355 e. The Morgan fingerprint density at radius 3 is 2.70 bits per heavy atom. The lowest BCUT2D eigenvalue weighted by molar-refractivity contribution is 0.584. The SMILES string of the molecule is CN=C(NCc1ccc(Cl)cc1)NCC1(C)CCCS1. The molecule has 1 unspecified atom stereocenters. The van der Waals surface area contributed by atoms with E-state index in [-0.39, 0.29) is 0 Å². The number of aliphatic imine (C=N–C) groups is 1. The zero-order chi connectivity index (χ0) is 14.4. The lowest BCUT2D eigenvalue weighted by Gasteiger charge is -2.24. The largest absolute Gasteiger partial charge is 0.355 e. The Hall–Kier alpha value is -0.870. The molecule has 2 rings (SSSR count). The van der Waals surface area contributed by atoms with E-state index in [0.29, 0.717) is 4.75 Å². The quantitative estimate of drug-likeness (QED) is 0.662. The van der Waals surface area contributed by atoms with Gasteiger partial charge in [0.25, 0.3) is 0 Å². The maximum atomic E-state index is 5.88. The first-order valence-electron chi connectivity index (χ1n) is 6.94. The second kappa shape index (κ2) is 7.23. The summed E-state index contributed by atoms with van der Waals surface area (Å²) < 4.78 is 0.345. The van der Waals surface area contributed by atoms with Gasteiger partial charge in [-0.15, -0.1) is 0 Å². The number of guanidine groups is 1. The summed E-state index contributed by atoms with van der Waals surface area (Å²) in [6, 6.07) is 7.86. The highest BCUT2D eigenvalue weighted by molar-refractivity contribution is 8.00. The molecule has 20 heavy (non-hydrogen) atoms. The molecular formula is C15H22ClN3S. The molecule has 0 aliphatic carbocycles. The van der Waals surface area contributed by atoms with Crippen molar-refractivity contribution in [2.24, 2.45) is 4.99 Å². The van der Waals surface area contributed by atoms with Crippen molar-refractivity contribution in [3.63, 3.8) is 0 Å². The van der Waals surface area contributed by atoms with Gasteiger partial charge in [0.15, 0.2) is 5.96 Å². The summed E-state index contributed by atoms with van der Waals surface area (Å²) in [6.45, 7) is 4.03. The second-order valence-corrected chi connectivity index (χ2v) is 7.43. The Bertz CT molecular complexity index is 453. The second-order valence-electron chi connectivity index (χ2n) is 5.31. The zero-order valence-corrected chi connectivity index (χ0v) is 13.7. The van der Waals surface area contributed by atoms with Crippen LogP contribution in [-0.4, -0.2) is 30.1 Å². The number of thioether (sulfide) groups is 1. The average Bonchev–Trinajstić information content (AvgIpc) is 2.88. The maximum Gasteiger partial charge on any atom is 0.191 e. The predicted molar refractivity (Wildman–Crippen MR) is 89.8 cm³/mol. The van der Waals surface area contributed by atoms with Gasteiger partial charge in [0.05, 0.1) is 0 Å². The van der Waals surface area contributed by atoms with Crippen molar-refractivity contribution in [2.75, 3.05) is 19.3 Å². The van der Waals surface area contributed by atoms with E-state index in [0.717, 1.165) is 24.1 Å². The van der Waals surface area contributed by atoms with Crippen LogP contribution in [0.2, 0.25) is 5.02 Å².